The Balaban J connectivity index is 2.32. The van der Waals surface area contributed by atoms with Crippen molar-refractivity contribution in [2.45, 2.75) is 40.9 Å². The molecule has 0 N–H and O–H groups in total. The van der Waals surface area contributed by atoms with Gasteiger partial charge in [-0.3, -0.25) is 9.59 Å². The topological polar surface area (TPSA) is 112 Å². The lowest BCUT2D eigenvalue weighted by Gasteiger charge is -2.20. The van der Waals surface area contributed by atoms with Crippen molar-refractivity contribution < 1.29 is 31.2 Å². The molecule has 1 heterocycles. The third-order valence-electron chi connectivity index (χ3n) is 5.01. The fourth-order valence-electron chi connectivity index (χ4n) is 3.58. The van der Waals surface area contributed by atoms with Gasteiger partial charge in [-0.2, -0.15) is 0 Å². The van der Waals surface area contributed by atoms with Gasteiger partial charge < -0.3 is 4.74 Å². The molecular weight excluding hydrogens is 463 g/mol. The number of carbonyl (C=O) groups is 2. The van der Waals surface area contributed by atoms with Gasteiger partial charge in [0.1, 0.15) is 0 Å². The van der Waals surface area contributed by atoms with Gasteiger partial charge >= 0.3 is 0 Å². The Morgan fingerprint density at radius 3 is 2.52 bits per heavy atom. The van der Waals surface area contributed by atoms with Crippen molar-refractivity contribution in [2.75, 3.05) is 18.7 Å². The number of fused-ring (bicyclic) bond motifs is 1. The molecule has 0 radical (unpaired) electrons. The van der Waals surface area contributed by atoms with E-state index in [1.54, 1.807) is 0 Å². The third kappa shape index (κ3) is 3.79. The zero-order valence-corrected chi connectivity index (χ0v) is 18.5. The average Bonchev–Trinajstić information content (AvgIpc) is 2.96. The number of ketones is 2. The van der Waals surface area contributed by atoms with Crippen LogP contribution >= 0.6 is 23.2 Å². The standard InChI is InChI=1S/C18H18Cl2O7S2/c1-27-15(9-19)29(25,26)18-10-7-8-28(23,24)14(10)6-5-11(18)17(22)16-12(20)3-2-4-13(16)21/h5-6,15H,2-4,7-9H2,1H3. The minimum absolute atomic E-state index is 0.0167. The molecule has 2 aliphatic rings. The normalized spacial score (nSPS) is 19.9. The van der Waals surface area contributed by atoms with Gasteiger partial charge in [-0.05, 0) is 37.0 Å². The minimum Gasteiger partial charge on any atom is -0.364 e. The molecule has 1 atom stereocenters. The molecule has 0 bridgehead atoms. The molecule has 1 unspecified atom stereocenters. The molecule has 1 aliphatic carbocycles. The van der Waals surface area contributed by atoms with Gasteiger partial charge in [-0.1, -0.05) is 11.6 Å². The molecule has 0 fully saturated rings. The van der Waals surface area contributed by atoms with Crippen LogP contribution in [-0.2, 0) is 35.6 Å². The maximum atomic E-state index is 13.2. The molecule has 11 heteroatoms. The molecular formula is C18H18Cl2O7S2. The lowest BCUT2D eigenvalue weighted by molar-refractivity contribution is -0.115. The fraction of sp³-hybridized carbons (Fsp3) is 0.444. The summed E-state index contributed by atoms with van der Waals surface area (Å²) in [5.41, 5.74) is -2.02. The van der Waals surface area contributed by atoms with Gasteiger partial charge in [0.15, 0.2) is 26.8 Å². The maximum Gasteiger partial charge on any atom is 0.207 e. The van der Waals surface area contributed by atoms with Gasteiger partial charge in [0, 0.05) is 24.1 Å². The Kier molecular flexibility index (Phi) is 6.27. The second-order valence-electron chi connectivity index (χ2n) is 6.74. The van der Waals surface area contributed by atoms with E-state index in [1.807, 2.05) is 0 Å². The van der Waals surface area contributed by atoms with E-state index >= 15 is 0 Å². The van der Waals surface area contributed by atoms with Gasteiger partial charge in [-0.25, -0.2) is 16.8 Å². The number of methoxy groups -OCH3 is 1. The predicted molar refractivity (Wildman–Crippen MR) is 107 cm³/mol. The van der Waals surface area contributed by atoms with Crippen LogP contribution in [0.3, 0.4) is 0 Å². The van der Waals surface area contributed by atoms with Crippen LogP contribution < -0.4 is 0 Å². The highest BCUT2D eigenvalue weighted by Crippen LogP contribution is 2.38. The highest BCUT2D eigenvalue weighted by molar-refractivity contribution is 7.93. The van der Waals surface area contributed by atoms with Gasteiger partial charge in [0.05, 0.1) is 27.0 Å². The number of sulfone groups is 2. The van der Waals surface area contributed by atoms with E-state index in [9.17, 15) is 26.4 Å². The van der Waals surface area contributed by atoms with Crippen LogP contribution in [0.4, 0.5) is 0 Å². The number of hydrogen-bond acceptors (Lipinski definition) is 7. The maximum absolute atomic E-state index is 13.2. The van der Waals surface area contributed by atoms with Crippen LogP contribution in [0.15, 0.2) is 32.5 Å². The van der Waals surface area contributed by atoms with E-state index in [0.717, 1.165) is 13.2 Å². The van der Waals surface area contributed by atoms with Crippen LogP contribution in [0.5, 0.6) is 0 Å². The molecule has 7 nitrogen and oxygen atoms in total. The zero-order valence-electron chi connectivity index (χ0n) is 15.4. The minimum atomic E-state index is -4.34. The van der Waals surface area contributed by atoms with Crippen LogP contribution in [0, 0.1) is 0 Å². The average molecular weight is 481 g/mol. The number of hydrogen-bond donors (Lipinski definition) is 0. The Hall–Kier alpha value is -1.26. The summed E-state index contributed by atoms with van der Waals surface area (Å²) in [6.45, 7) is 0. The molecule has 0 saturated heterocycles. The molecule has 0 amide bonds. The number of carbonyl (C=O) groups excluding carboxylic acids is 2. The molecule has 1 aliphatic heterocycles. The van der Waals surface area contributed by atoms with E-state index in [1.165, 1.54) is 6.07 Å². The summed E-state index contributed by atoms with van der Waals surface area (Å²) in [5, 5.41) is 0.0725. The quantitative estimate of drug-likeness (QED) is 0.349. The zero-order chi connectivity index (χ0) is 21.6. The number of rotatable bonds is 6. The summed E-state index contributed by atoms with van der Waals surface area (Å²) < 4.78 is 56.1. The Labute approximate surface area is 178 Å². The van der Waals surface area contributed by atoms with Crippen molar-refractivity contribution in [3.63, 3.8) is 0 Å². The van der Waals surface area contributed by atoms with E-state index in [4.69, 9.17) is 27.9 Å². The van der Waals surface area contributed by atoms with E-state index < -0.39 is 47.5 Å². The Morgan fingerprint density at radius 1 is 1.24 bits per heavy atom. The first-order valence-corrected chi connectivity index (χ1v) is 12.8. The molecule has 3 rings (SSSR count). The van der Waals surface area contributed by atoms with Crippen molar-refractivity contribution in [3.05, 3.63) is 33.9 Å². The smallest absolute Gasteiger partial charge is 0.207 e. The lowest BCUT2D eigenvalue weighted by atomic mass is 9.91. The van der Waals surface area contributed by atoms with Crippen molar-refractivity contribution in [3.8, 4) is 0 Å². The largest absolute Gasteiger partial charge is 0.364 e. The summed E-state index contributed by atoms with van der Waals surface area (Å²) in [5.74, 6) is -2.01. The summed E-state index contributed by atoms with van der Waals surface area (Å²) >= 11 is 11.9. The van der Waals surface area contributed by atoms with Gasteiger partial charge in [0.2, 0.25) is 9.84 Å². The Bertz CT molecular complexity index is 1130. The number of alkyl halides is 1. The highest BCUT2D eigenvalue weighted by Gasteiger charge is 2.40. The number of allylic oxidation sites excluding steroid dienone is 2. The molecule has 1 aromatic rings. The number of Topliss-reactive ketones (excluding diaryl/α,β-unsaturated/α-hetero) is 2. The highest BCUT2D eigenvalue weighted by atomic mass is 35.5. The third-order valence-corrected chi connectivity index (χ3v) is 9.74. The molecule has 0 saturated carbocycles. The van der Waals surface area contributed by atoms with Crippen molar-refractivity contribution in [1.82, 2.24) is 0 Å². The van der Waals surface area contributed by atoms with Crippen LogP contribution in [0.1, 0.15) is 35.2 Å². The van der Waals surface area contributed by atoms with E-state index in [2.05, 4.69) is 0 Å². The second-order valence-corrected chi connectivity index (χ2v) is 11.6. The summed E-state index contributed by atoms with van der Waals surface area (Å²) in [6, 6.07) is 2.32. The summed E-state index contributed by atoms with van der Waals surface area (Å²) in [6.07, 6.45) is 0.881. The van der Waals surface area contributed by atoms with Crippen LogP contribution in [-0.4, -0.2) is 52.6 Å². The molecule has 29 heavy (non-hydrogen) atoms. The van der Waals surface area contributed by atoms with Gasteiger partial charge in [0.25, 0.3) is 0 Å². The first-order valence-electron chi connectivity index (χ1n) is 8.74. The van der Waals surface area contributed by atoms with E-state index in [-0.39, 0.29) is 45.2 Å². The monoisotopic (exact) mass is 480 g/mol. The second kappa shape index (κ2) is 8.11. The number of benzene rings is 1. The first kappa shape index (κ1) is 22.4. The molecule has 0 spiro atoms. The van der Waals surface area contributed by atoms with Crippen LogP contribution in [0.2, 0.25) is 0 Å². The first-order chi connectivity index (χ1) is 13.6. The number of halogens is 2. The lowest BCUT2D eigenvalue weighted by Crippen LogP contribution is -2.29. The van der Waals surface area contributed by atoms with Crippen LogP contribution in [0.25, 0.3) is 0 Å². The van der Waals surface area contributed by atoms with Crippen molar-refractivity contribution in [1.29, 1.82) is 0 Å². The SMILES string of the molecule is COC(CCl)S(=O)(=O)c1c(C(=O)C2=C(Cl)CCCC2=O)ccc2c1CCS2(=O)=O. The summed E-state index contributed by atoms with van der Waals surface area (Å²) in [7, 11) is -6.86. The molecule has 1 aromatic carbocycles. The van der Waals surface area contributed by atoms with E-state index in [0.29, 0.717) is 12.8 Å². The van der Waals surface area contributed by atoms with Crippen molar-refractivity contribution in [2.24, 2.45) is 0 Å². The molecule has 0 aromatic heterocycles. The molecule has 158 valence electrons. The van der Waals surface area contributed by atoms with Gasteiger partial charge in [-0.15, -0.1) is 11.6 Å². The number of ether oxygens (including phenoxy) is 1. The fourth-order valence-corrected chi connectivity index (χ4v) is 7.85. The summed E-state index contributed by atoms with van der Waals surface area (Å²) in [4.78, 5) is 24.9. The van der Waals surface area contributed by atoms with Crippen molar-refractivity contribution >= 4 is 54.4 Å². The Morgan fingerprint density at radius 2 is 1.93 bits per heavy atom. The predicted octanol–water partition coefficient (Wildman–Crippen LogP) is 2.43.